The number of thiophene rings is 1. The van der Waals surface area contributed by atoms with Crippen molar-refractivity contribution in [3.05, 3.63) is 53.0 Å². The second-order valence-corrected chi connectivity index (χ2v) is 10.3. The molecule has 5 rings (SSSR count). The Labute approximate surface area is 193 Å². The minimum atomic E-state index is -1.00. The van der Waals surface area contributed by atoms with Crippen molar-refractivity contribution < 1.29 is 9.59 Å². The third-order valence-electron chi connectivity index (χ3n) is 7.19. The number of aryl methyl sites for hydroxylation is 1. The van der Waals surface area contributed by atoms with Gasteiger partial charge in [0.1, 0.15) is 11.2 Å². The van der Waals surface area contributed by atoms with Crippen LogP contribution < -0.4 is 10.2 Å². The Morgan fingerprint density at radius 2 is 1.84 bits per heavy atom. The number of nitrogens with one attached hydrogen (secondary N) is 1. The fourth-order valence-corrected chi connectivity index (χ4v) is 6.08. The summed E-state index contributed by atoms with van der Waals surface area (Å²) < 4.78 is 3.13. The molecule has 6 heteroatoms. The van der Waals surface area contributed by atoms with E-state index in [1.807, 2.05) is 41.1 Å². The molecule has 0 bridgehead atoms. The van der Waals surface area contributed by atoms with Crippen LogP contribution in [0.3, 0.4) is 0 Å². The van der Waals surface area contributed by atoms with Crippen molar-refractivity contribution in [1.29, 1.82) is 0 Å². The first-order valence-electron chi connectivity index (χ1n) is 11.8. The lowest BCUT2D eigenvalue weighted by Crippen LogP contribution is -2.65. The molecule has 1 N–H and O–H groups in total. The smallest absolute Gasteiger partial charge is 0.275 e. The van der Waals surface area contributed by atoms with Crippen LogP contribution in [0.1, 0.15) is 68.4 Å². The Balaban J connectivity index is 1.56. The number of nitrogens with zero attached hydrogens (tertiary/aromatic N) is 2. The summed E-state index contributed by atoms with van der Waals surface area (Å²) in [7, 11) is 0. The Kier molecular flexibility index (Phi) is 5.58. The van der Waals surface area contributed by atoms with Gasteiger partial charge in [0.2, 0.25) is 5.91 Å². The maximum atomic E-state index is 13.8. The van der Waals surface area contributed by atoms with Crippen LogP contribution in [0.15, 0.2) is 41.8 Å². The highest BCUT2D eigenvalue weighted by molar-refractivity contribution is 7.17. The third-order valence-corrected chi connectivity index (χ3v) is 8.04. The SMILES string of the molecule is CCc1ccc(N2C(=O)c3cc4sccc4n3C[C@@]2(C)C(=O)NC2CCCCCC2)cc1. The summed E-state index contributed by atoms with van der Waals surface area (Å²) in [5.74, 6) is -0.164. The zero-order valence-corrected chi connectivity index (χ0v) is 19.7. The van der Waals surface area contributed by atoms with Gasteiger partial charge < -0.3 is 9.88 Å². The Morgan fingerprint density at radius 3 is 2.53 bits per heavy atom. The average Bonchev–Trinajstić information content (AvgIpc) is 3.29. The molecule has 2 amide bonds. The zero-order valence-electron chi connectivity index (χ0n) is 18.9. The molecule has 1 saturated carbocycles. The molecule has 0 saturated heterocycles. The Morgan fingerprint density at radius 1 is 1.12 bits per heavy atom. The first-order chi connectivity index (χ1) is 15.5. The van der Waals surface area contributed by atoms with Gasteiger partial charge in [0.15, 0.2) is 0 Å². The van der Waals surface area contributed by atoms with Crippen molar-refractivity contribution in [2.24, 2.45) is 0 Å². The summed E-state index contributed by atoms with van der Waals surface area (Å²) in [4.78, 5) is 29.4. The fraction of sp³-hybridized carbons (Fsp3) is 0.462. The molecule has 2 aromatic heterocycles. The number of hydrogen-bond acceptors (Lipinski definition) is 3. The Hall–Kier alpha value is -2.60. The number of carbonyl (C=O) groups is 2. The number of carbonyl (C=O) groups excluding carboxylic acids is 2. The van der Waals surface area contributed by atoms with Crippen LogP contribution in [-0.4, -0.2) is 28.0 Å². The maximum Gasteiger partial charge on any atom is 0.275 e. The molecule has 32 heavy (non-hydrogen) atoms. The van der Waals surface area contributed by atoms with Crippen LogP contribution in [0.5, 0.6) is 0 Å². The van der Waals surface area contributed by atoms with Crippen LogP contribution in [-0.2, 0) is 17.8 Å². The summed E-state index contributed by atoms with van der Waals surface area (Å²) in [6, 6.07) is 12.3. The first kappa shape index (κ1) is 21.3. The largest absolute Gasteiger partial charge is 0.351 e. The van der Waals surface area contributed by atoms with Gasteiger partial charge in [-0.15, -0.1) is 11.3 Å². The quantitative estimate of drug-likeness (QED) is 0.533. The van der Waals surface area contributed by atoms with E-state index in [9.17, 15) is 9.59 Å². The van der Waals surface area contributed by atoms with Gasteiger partial charge in [-0.3, -0.25) is 14.5 Å². The molecule has 0 radical (unpaired) electrons. The van der Waals surface area contributed by atoms with Gasteiger partial charge >= 0.3 is 0 Å². The van der Waals surface area contributed by atoms with E-state index in [2.05, 4.69) is 24.4 Å². The molecule has 1 atom stereocenters. The highest BCUT2D eigenvalue weighted by Gasteiger charge is 2.49. The van der Waals surface area contributed by atoms with E-state index in [1.165, 1.54) is 18.4 Å². The standard InChI is InChI=1S/C26H31N3O2S/c1-3-18-10-12-20(13-11-18)29-24(30)22-16-23-21(14-15-32-23)28(22)17-26(29,2)25(31)27-19-8-6-4-5-7-9-19/h10-16,19H,3-9,17H2,1-2H3,(H,27,31)/t26-/m0/s1. The summed E-state index contributed by atoms with van der Waals surface area (Å²) in [6.07, 6.45) is 7.75. The number of amides is 2. The molecule has 3 heterocycles. The van der Waals surface area contributed by atoms with Gasteiger partial charge in [0, 0.05) is 11.7 Å². The second-order valence-electron chi connectivity index (χ2n) is 9.38. The molecule has 168 valence electrons. The first-order valence-corrected chi connectivity index (χ1v) is 12.7. The summed E-state index contributed by atoms with van der Waals surface area (Å²) in [6.45, 7) is 4.49. The fourth-order valence-electron chi connectivity index (χ4n) is 5.26. The normalized spacial score (nSPS) is 22.1. The van der Waals surface area contributed by atoms with E-state index < -0.39 is 5.54 Å². The molecule has 0 unspecified atom stereocenters. The Bertz CT molecular complexity index is 1140. The third kappa shape index (κ3) is 3.54. The molecule has 1 aromatic carbocycles. The maximum absolute atomic E-state index is 13.8. The lowest BCUT2D eigenvalue weighted by atomic mass is 9.92. The zero-order chi connectivity index (χ0) is 22.3. The van der Waals surface area contributed by atoms with Crippen LogP contribution in [0.2, 0.25) is 0 Å². The molecule has 3 aromatic rings. The van der Waals surface area contributed by atoms with E-state index in [-0.39, 0.29) is 17.9 Å². The number of aromatic nitrogens is 1. The summed E-state index contributed by atoms with van der Waals surface area (Å²) >= 11 is 1.63. The lowest BCUT2D eigenvalue weighted by molar-refractivity contribution is -0.127. The van der Waals surface area contributed by atoms with Gasteiger partial charge in [0.25, 0.3) is 5.91 Å². The van der Waals surface area contributed by atoms with E-state index in [0.717, 1.165) is 48.0 Å². The van der Waals surface area contributed by atoms with Gasteiger partial charge in [-0.2, -0.15) is 0 Å². The van der Waals surface area contributed by atoms with E-state index in [0.29, 0.717) is 12.2 Å². The van der Waals surface area contributed by atoms with Crippen molar-refractivity contribution in [2.45, 2.75) is 76.9 Å². The molecule has 1 fully saturated rings. The number of anilines is 1. The monoisotopic (exact) mass is 449 g/mol. The van der Waals surface area contributed by atoms with Crippen molar-refractivity contribution in [3.8, 4) is 0 Å². The molecular weight excluding hydrogens is 418 g/mol. The second kappa shape index (κ2) is 8.39. The van der Waals surface area contributed by atoms with Crippen molar-refractivity contribution >= 4 is 39.1 Å². The van der Waals surface area contributed by atoms with Crippen LogP contribution in [0, 0.1) is 0 Å². The van der Waals surface area contributed by atoms with E-state index >= 15 is 0 Å². The number of fused-ring (bicyclic) bond motifs is 3. The average molecular weight is 450 g/mol. The van der Waals surface area contributed by atoms with Crippen molar-refractivity contribution in [3.63, 3.8) is 0 Å². The van der Waals surface area contributed by atoms with Gasteiger partial charge in [-0.1, -0.05) is 44.7 Å². The molecular formula is C26H31N3O2S. The van der Waals surface area contributed by atoms with E-state index in [1.54, 1.807) is 16.2 Å². The minimum Gasteiger partial charge on any atom is -0.351 e. The van der Waals surface area contributed by atoms with Crippen molar-refractivity contribution in [2.75, 3.05) is 4.90 Å². The number of rotatable bonds is 4. The summed E-state index contributed by atoms with van der Waals surface area (Å²) in [5, 5.41) is 5.38. The van der Waals surface area contributed by atoms with Crippen LogP contribution in [0.25, 0.3) is 10.2 Å². The van der Waals surface area contributed by atoms with E-state index in [4.69, 9.17) is 0 Å². The topological polar surface area (TPSA) is 54.3 Å². The lowest BCUT2D eigenvalue weighted by Gasteiger charge is -2.44. The predicted molar refractivity (Wildman–Crippen MR) is 130 cm³/mol. The predicted octanol–water partition coefficient (Wildman–Crippen LogP) is 5.52. The number of benzene rings is 1. The molecule has 0 spiro atoms. The van der Waals surface area contributed by atoms with Gasteiger partial charge in [0.05, 0.1) is 16.8 Å². The van der Waals surface area contributed by atoms with Crippen LogP contribution in [0.4, 0.5) is 5.69 Å². The highest BCUT2D eigenvalue weighted by Crippen LogP contribution is 2.37. The van der Waals surface area contributed by atoms with Crippen molar-refractivity contribution in [1.82, 2.24) is 9.88 Å². The molecule has 1 aliphatic carbocycles. The highest BCUT2D eigenvalue weighted by atomic mass is 32.1. The number of hydrogen-bond donors (Lipinski definition) is 1. The van der Waals surface area contributed by atoms with Gasteiger partial charge in [-0.05, 0) is 61.4 Å². The molecule has 1 aliphatic heterocycles. The van der Waals surface area contributed by atoms with Gasteiger partial charge in [-0.25, -0.2) is 0 Å². The van der Waals surface area contributed by atoms with Crippen LogP contribution >= 0.6 is 11.3 Å². The minimum absolute atomic E-state index is 0.0555. The molecule has 5 nitrogen and oxygen atoms in total. The summed E-state index contributed by atoms with van der Waals surface area (Å²) in [5.41, 5.74) is 2.69. The molecule has 2 aliphatic rings.